The molecular formula is C32H45NO14. The van der Waals surface area contributed by atoms with Crippen LogP contribution < -0.4 is 4.90 Å². The van der Waals surface area contributed by atoms with Crippen molar-refractivity contribution in [1.82, 2.24) is 0 Å². The molecule has 1 aliphatic carbocycles. The maximum absolute atomic E-state index is 12.5. The van der Waals surface area contributed by atoms with E-state index in [0.29, 0.717) is 19.3 Å². The van der Waals surface area contributed by atoms with Gasteiger partial charge in [0.15, 0.2) is 18.4 Å². The van der Waals surface area contributed by atoms with Gasteiger partial charge in [-0.25, -0.2) is 0 Å². The van der Waals surface area contributed by atoms with Gasteiger partial charge in [-0.2, -0.15) is 0 Å². The molecular weight excluding hydrogens is 622 g/mol. The minimum Gasteiger partial charge on any atom is -0.394 e. The zero-order chi connectivity index (χ0) is 33.5. The topological polar surface area (TPSA) is 228 Å². The molecule has 6 rings (SSSR count). The van der Waals surface area contributed by atoms with E-state index in [4.69, 9.17) is 23.7 Å². The number of ketones is 1. The Morgan fingerprint density at radius 1 is 0.809 bits per heavy atom. The highest BCUT2D eigenvalue weighted by molar-refractivity contribution is 5.91. The lowest BCUT2D eigenvalue weighted by Crippen LogP contribution is -2.59. The average Bonchev–Trinajstić information content (AvgIpc) is 3.62. The van der Waals surface area contributed by atoms with E-state index in [9.17, 15) is 45.6 Å². The third-order valence-corrected chi connectivity index (χ3v) is 10.2. The number of hydrogen-bond donors (Lipinski definition) is 8. The van der Waals surface area contributed by atoms with Crippen LogP contribution >= 0.6 is 0 Å². The largest absolute Gasteiger partial charge is 0.394 e. The fourth-order valence-electron chi connectivity index (χ4n) is 7.52. The highest BCUT2D eigenvalue weighted by Crippen LogP contribution is 2.53. The highest BCUT2D eigenvalue weighted by atomic mass is 16.7. The van der Waals surface area contributed by atoms with Crippen molar-refractivity contribution >= 4 is 11.5 Å². The zero-order valence-corrected chi connectivity index (χ0v) is 25.8. The van der Waals surface area contributed by atoms with Gasteiger partial charge in [0, 0.05) is 36.9 Å². The third kappa shape index (κ3) is 6.75. The van der Waals surface area contributed by atoms with Crippen LogP contribution in [0, 0.1) is 11.8 Å². The molecule has 14 atom stereocenters. The summed E-state index contributed by atoms with van der Waals surface area (Å²) in [5.41, 5.74) is 1.10. The minimum atomic E-state index is -1.54. The van der Waals surface area contributed by atoms with Gasteiger partial charge >= 0.3 is 0 Å². The molecule has 0 unspecified atom stereocenters. The molecule has 15 heteroatoms. The van der Waals surface area contributed by atoms with Crippen LogP contribution in [0.15, 0.2) is 36.4 Å². The number of aliphatic hydroxyl groups is 8. The van der Waals surface area contributed by atoms with Gasteiger partial charge in [0.1, 0.15) is 55.1 Å². The van der Waals surface area contributed by atoms with Gasteiger partial charge in [-0.15, -0.1) is 0 Å². The summed E-state index contributed by atoms with van der Waals surface area (Å²) in [6.45, 7) is -0.118. The highest BCUT2D eigenvalue weighted by Gasteiger charge is 2.58. The van der Waals surface area contributed by atoms with Crippen molar-refractivity contribution in [1.29, 1.82) is 0 Å². The van der Waals surface area contributed by atoms with E-state index in [1.807, 2.05) is 24.3 Å². The lowest BCUT2D eigenvalue weighted by atomic mass is 9.72. The summed E-state index contributed by atoms with van der Waals surface area (Å²) in [6.07, 6.45) is -8.46. The molecule has 1 aromatic rings. The summed E-state index contributed by atoms with van der Waals surface area (Å²) in [5, 5.41) is 79.5. The van der Waals surface area contributed by atoms with E-state index < -0.39 is 80.2 Å². The Balaban J connectivity index is 1.06. The van der Waals surface area contributed by atoms with Crippen molar-refractivity contribution in [2.45, 2.75) is 98.9 Å². The molecule has 4 fully saturated rings. The van der Waals surface area contributed by atoms with Gasteiger partial charge in [0.25, 0.3) is 0 Å². The summed E-state index contributed by atoms with van der Waals surface area (Å²) in [6, 6.07) is 7.86. The van der Waals surface area contributed by atoms with E-state index in [-0.39, 0.29) is 37.1 Å². The van der Waals surface area contributed by atoms with Gasteiger partial charge in [0.2, 0.25) is 0 Å². The van der Waals surface area contributed by atoms with Crippen LogP contribution in [0.5, 0.6) is 0 Å². The first-order valence-corrected chi connectivity index (χ1v) is 16.2. The lowest BCUT2D eigenvalue weighted by molar-refractivity contribution is -0.302. The van der Waals surface area contributed by atoms with Gasteiger partial charge in [-0.3, -0.25) is 4.79 Å². The second-order valence-electron chi connectivity index (χ2n) is 13.0. The predicted octanol–water partition coefficient (Wildman–Crippen LogP) is -2.68. The predicted molar refractivity (Wildman–Crippen MR) is 160 cm³/mol. The third-order valence-electron chi connectivity index (χ3n) is 10.2. The second-order valence-corrected chi connectivity index (χ2v) is 13.0. The Morgan fingerprint density at radius 2 is 1.40 bits per heavy atom. The Kier molecular flexibility index (Phi) is 10.7. The number of aliphatic hydroxyl groups excluding tert-OH is 8. The molecule has 0 amide bonds. The quantitative estimate of drug-likeness (QED) is 0.120. The smallest absolute Gasteiger partial charge is 0.186 e. The van der Waals surface area contributed by atoms with Crippen molar-refractivity contribution in [3.8, 4) is 0 Å². The van der Waals surface area contributed by atoms with Crippen LogP contribution in [-0.2, 0) is 34.9 Å². The van der Waals surface area contributed by atoms with Gasteiger partial charge < -0.3 is 69.4 Å². The first-order chi connectivity index (χ1) is 22.6. The molecule has 8 N–H and O–H groups in total. The summed E-state index contributed by atoms with van der Waals surface area (Å²) in [4.78, 5) is 14.7. The number of allylic oxidation sites excluding steroid dienone is 1. The van der Waals surface area contributed by atoms with E-state index in [1.54, 1.807) is 6.08 Å². The molecule has 4 saturated heterocycles. The van der Waals surface area contributed by atoms with Crippen LogP contribution in [-0.4, -0.2) is 153 Å². The molecule has 15 nitrogen and oxygen atoms in total. The number of carbonyl (C=O) groups is 1. The van der Waals surface area contributed by atoms with Crippen LogP contribution in [0.25, 0.3) is 0 Å². The maximum atomic E-state index is 12.5. The number of rotatable bonds is 11. The van der Waals surface area contributed by atoms with Crippen molar-refractivity contribution in [2.75, 3.05) is 37.9 Å². The molecule has 0 aromatic heterocycles. The number of benzene rings is 1. The number of ether oxygens (including phenoxy) is 5. The zero-order valence-electron chi connectivity index (χ0n) is 25.8. The van der Waals surface area contributed by atoms with Crippen molar-refractivity contribution in [2.24, 2.45) is 11.8 Å². The number of carbonyl (C=O) groups excluding carboxylic acids is 1. The molecule has 0 bridgehead atoms. The summed E-state index contributed by atoms with van der Waals surface area (Å²) >= 11 is 0. The van der Waals surface area contributed by atoms with Crippen LogP contribution in [0.4, 0.5) is 5.69 Å². The molecule has 0 spiro atoms. The molecule has 0 radical (unpaired) electrons. The number of anilines is 1. The summed E-state index contributed by atoms with van der Waals surface area (Å²) < 4.78 is 29.0. The Morgan fingerprint density at radius 3 is 2.00 bits per heavy atom. The SMILES string of the molecule is O=C1C=C[C@@]2(CCO[C@@H]3O[C@H](CO)[C@@H](O)[C@H](O)[C@H]3O)O[C@@H]3[C@@H](CCN3c3ccc(CCO[C@@H]4O[C@H](CO)[C@@H](O)[C@H](O)[C@H]4O)cc3)[C@H]2C1. The molecule has 1 aromatic carbocycles. The Labute approximate surface area is 271 Å². The summed E-state index contributed by atoms with van der Waals surface area (Å²) in [7, 11) is 0. The fourth-order valence-corrected chi connectivity index (χ4v) is 7.52. The van der Waals surface area contributed by atoms with Crippen LogP contribution in [0.3, 0.4) is 0 Å². The van der Waals surface area contributed by atoms with Crippen molar-refractivity contribution in [3.05, 3.63) is 42.0 Å². The molecule has 5 aliphatic rings. The Bertz CT molecular complexity index is 1250. The molecule has 262 valence electrons. The minimum absolute atomic E-state index is 0.0264. The molecule has 47 heavy (non-hydrogen) atoms. The molecule has 4 aliphatic heterocycles. The monoisotopic (exact) mass is 667 g/mol. The number of fused-ring (bicyclic) bond motifs is 3. The first-order valence-electron chi connectivity index (χ1n) is 16.2. The van der Waals surface area contributed by atoms with E-state index in [1.165, 1.54) is 6.08 Å². The second kappa shape index (κ2) is 14.4. The van der Waals surface area contributed by atoms with E-state index >= 15 is 0 Å². The standard InChI is InChI=1S/C32H45NO14/c34-14-21-23(37)25(39)27(41)30(45-21)43-11-7-16-1-3-17(4-2-16)33-10-6-19-20-13-18(36)5-8-32(20,47-29(19)33)9-12-44-31-28(42)26(40)24(38)22(15-35)46-31/h1-5,8,19-31,34-35,37-42H,6-7,9-15H2/t19-,20+,21+,22+,23+,24+,25-,26-,27+,28+,29+,30+,31+,32-/m0/s1. The molecule has 0 saturated carbocycles. The van der Waals surface area contributed by atoms with Gasteiger partial charge in [0.05, 0.1) is 32.0 Å². The van der Waals surface area contributed by atoms with Gasteiger partial charge in [-0.05, 0) is 42.7 Å². The first kappa shape index (κ1) is 34.8. The number of hydrogen-bond acceptors (Lipinski definition) is 15. The van der Waals surface area contributed by atoms with Crippen molar-refractivity contribution in [3.63, 3.8) is 0 Å². The Hall–Kier alpha value is -2.09. The maximum Gasteiger partial charge on any atom is 0.186 e. The van der Waals surface area contributed by atoms with Crippen LogP contribution in [0.2, 0.25) is 0 Å². The lowest BCUT2D eigenvalue weighted by Gasteiger charge is -2.40. The summed E-state index contributed by atoms with van der Waals surface area (Å²) in [5.74, 6) is 0.0217. The normalized spacial score (nSPS) is 43.3. The fraction of sp³-hybridized carbons (Fsp3) is 0.719. The molecule has 4 heterocycles. The van der Waals surface area contributed by atoms with Crippen LogP contribution in [0.1, 0.15) is 24.8 Å². The van der Waals surface area contributed by atoms with E-state index in [0.717, 1.165) is 24.2 Å². The van der Waals surface area contributed by atoms with Crippen molar-refractivity contribution < 1.29 is 69.3 Å². The number of nitrogens with zero attached hydrogens (tertiary/aromatic N) is 1. The van der Waals surface area contributed by atoms with E-state index in [2.05, 4.69) is 4.90 Å². The van der Waals surface area contributed by atoms with Gasteiger partial charge in [-0.1, -0.05) is 12.1 Å². The average molecular weight is 668 g/mol.